The molecular weight excluding hydrogens is 434 g/mol. The molecule has 4 heterocycles. The smallest absolute Gasteiger partial charge is 0.345 e. The summed E-state index contributed by atoms with van der Waals surface area (Å²) in [6.45, 7) is 2.62. The Bertz CT molecular complexity index is 886. The average Bonchev–Trinajstić information content (AvgIpc) is 3.27. The molecular formula is C27H39NO6. The maximum atomic E-state index is 12.3. The number of esters is 1. The third-order valence-corrected chi connectivity index (χ3v) is 8.76. The molecule has 0 spiro atoms. The van der Waals surface area contributed by atoms with Crippen LogP contribution in [-0.4, -0.2) is 59.5 Å². The van der Waals surface area contributed by atoms with Gasteiger partial charge < -0.3 is 24.4 Å². The standard InChI is InChI=1S/C27H39NO6/c1-16-23-20-11-6-10-19(21(30)14-17-8-4-3-5-9-17)28(20)13-7-12-22(23)33-24(16)26-25(32-2)18(15-29)27(31)34-26/h12,16-17,19-21,23,29-30H,3-11,13-15H2,1-2H3/t16-,19-,20-,21-,23+/m0/s1. The Balaban J connectivity index is 1.39. The number of ether oxygens (including phenoxy) is 3. The number of nitrogens with zero attached hydrogens (tertiary/aromatic N) is 1. The van der Waals surface area contributed by atoms with Crippen LogP contribution in [0.2, 0.25) is 0 Å². The molecule has 7 heteroatoms. The zero-order chi connectivity index (χ0) is 23.8. The monoisotopic (exact) mass is 473 g/mol. The van der Waals surface area contributed by atoms with Crippen molar-refractivity contribution in [3.8, 4) is 0 Å². The lowest BCUT2D eigenvalue weighted by atomic mass is 9.78. The number of aliphatic hydroxyl groups excluding tert-OH is 2. The first kappa shape index (κ1) is 23.9. The van der Waals surface area contributed by atoms with Crippen molar-refractivity contribution in [2.45, 2.75) is 89.3 Å². The fraction of sp³-hybridized carbons (Fsp3) is 0.741. The number of piperidine rings is 1. The van der Waals surface area contributed by atoms with E-state index in [2.05, 4.69) is 17.9 Å². The summed E-state index contributed by atoms with van der Waals surface area (Å²) in [6, 6.07) is 0.475. The SMILES string of the molecule is COC1=C(CO)C(=O)OC1=C1OC2=CCCN3[C@@H](CCC[C@H]3[C@@H](O)CC3CCCCC3)[C@H]2[C@@H]1C. The minimum Gasteiger partial charge on any atom is -0.492 e. The van der Waals surface area contributed by atoms with E-state index in [-0.39, 0.29) is 41.4 Å². The summed E-state index contributed by atoms with van der Waals surface area (Å²) < 4.78 is 17.3. The van der Waals surface area contributed by atoms with E-state index in [0.717, 1.165) is 44.4 Å². The van der Waals surface area contributed by atoms with Gasteiger partial charge >= 0.3 is 5.97 Å². The number of fused-ring (bicyclic) bond motifs is 3. The highest BCUT2D eigenvalue weighted by molar-refractivity contribution is 5.94. The van der Waals surface area contributed by atoms with Crippen molar-refractivity contribution < 1.29 is 29.2 Å². The van der Waals surface area contributed by atoms with Gasteiger partial charge in [-0.1, -0.05) is 45.4 Å². The first-order valence-corrected chi connectivity index (χ1v) is 13.2. The first-order valence-electron chi connectivity index (χ1n) is 13.2. The Morgan fingerprint density at radius 1 is 1.15 bits per heavy atom. The van der Waals surface area contributed by atoms with Crippen molar-refractivity contribution >= 4 is 5.97 Å². The van der Waals surface area contributed by atoms with Crippen molar-refractivity contribution in [3.05, 3.63) is 34.7 Å². The van der Waals surface area contributed by atoms with Crippen LogP contribution in [0.4, 0.5) is 0 Å². The van der Waals surface area contributed by atoms with E-state index in [1.165, 1.54) is 39.2 Å². The second kappa shape index (κ2) is 10.0. The van der Waals surface area contributed by atoms with Gasteiger partial charge in [-0.05, 0) is 37.7 Å². The number of hydrogen-bond acceptors (Lipinski definition) is 7. The number of rotatable bonds is 5. The molecule has 7 nitrogen and oxygen atoms in total. The predicted molar refractivity (Wildman–Crippen MR) is 126 cm³/mol. The molecule has 2 saturated heterocycles. The summed E-state index contributed by atoms with van der Waals surface area (Å²) in [6.07, 6.45) is 13.4. The molecule has 3 fully saturated rings. The summed E-state index contributed by atoms with van der Waals surface area (Å²) >= 11 is 0. The summed E-state index contributed by atoms with van der Waals surface area (Å²) in [5.41, 5.74) is 0.132. The fourth-order valence-corrected chi connectivity index (χ4v) is 7.12. The van der Waals surface area contributed by atoms with Gasteiger partial charge in [0.2, 0.25) is 5.76 Å². The van der Waals surface area contributed by atoms with Crippen LogP contribution < -0.4 is 0 Å². The van der Waals surface area contributed by atoms with E-state index in [1.807, 2.05) is 0 Å². The molecule has 4 aliphatic heterocycles. The summed E-state index contributed by atoms with van der Waals surface area (Å²) in [7, 11) is 1.48. The van der Waals surface area contributed by atoms with Crippen LogP contribution in [0.5, 0.6) is 0 Å². The molecule has 0 aromatic carbocycles. The molecule has 0 bridgehead atoms. The molecule has 0 amide bonds. The van der Waals surface area contributed by atoms with Crippen LogP contribution in [0, 0.1) is 17.8 Å². The Morgan fingerprint density at radius 2 is 1.94 bits per heavy atom. The van der Waals surface area contributed by atoms with Gasteiger partial charge in [0, 0.05) is 30.5 Å². The Labute approximate surface area is 202 Å². The second-order valence-electron chi connectivity index (χ2n) is 10.7. The zero-order valence-electron chi connectivity index (χ0n) is 20.5. The molecule has 188 valence electrons. The molecule has 0 unspecified atom stereocenters. The van der Waals surface area contributed by atoms with Gasteiger partial charge in [-0.15, -0.1) is 0 Å². The van der Waals surface area contributed by atoms with E-state index >= 15 is 0 Å². The maximum absolute atomic E-state index is 12.3. The number of aliphatic hydroxyl groups is 2. The van der Waals surface area contributed by atoms with E-state index in [4.69, 9.17) is 14.2 Å². The number of carbonyl (C=O) groups is 1. The van der Waals surface area contributed by atoms with Gasteiger partial charge in [0.05, 0.1) is 19.8 Å². The largest absolute Gasteiger partial charge is 0.492 e. The highest BCUT2D eigenvalue weighted by atomic mass is 16.6. The molecule has 5 rings (SSSR count). The van der Waals surface area contributed by atoms with Crippen molar-refractivity contribution in [2.75, 3.05) is 20.3 Å². The maximum Gasteiger partial charge on any atom is 0.345 e. The first-order chi connectivity index (χ1) is 16.5. The zero-order valence-corrected chi connectivity index (χ0v) is 20.5. The molecule has 5 aliphatic rings. The van der Waals surface area contributed by atoms with Crippen LogP contribution in [-0.2, 0) is 19.0 Å². The summed E-state index contributed by atoms with van der Waals surface area (Å²) in [4.78, 5) is 14.8. The van der Waals surface area contributed by atoms with Gasteiger partial charge in [-0.3, -0.25) is 4.90 Å². The third kappa shape index (κ3) is 4.20. The average molecular weight is 474 g/mol. The van der Waals surface area contributed by atoms with Gasteiger partial charge in [0.25, 0.3) is 0 Å². The lowest BCUT2D eigenvalue weighted by Crippen LogP contribution is -2.55. The molecule has 1 saturated carbocycles. The number of allylic oxidation sites excluding steroid dienone is 1. The number of carbonyl (C=O) groups excluding carboxylic acids is 1. The Kier molecular flexibility index (Phi) is 7.05. The van der Waals surface area contributed by atoms with Crippen molar-refractivity contribution in [2.24, 2.45) is 17.8 Å². The normalized spacial score (nSPS) is 35.8. The van der Waals surface area contributed by atoms with Crippen LogP contribution in [0.25, 0.3) is 0 Å². The van der Waals surface area contributed by atoms with Crippen molar-refractivity contribution in [1.82, 2.24) is 4.90 Å². The van der Waals surface area contributed by atoms with E-state index < -0.39 is 12.6 Å². The molecule has 2 N–H and O–H groups in total. The molecule has 5 atom stereocenters. The van der Waals surface area contributed by atoms with Crippen LogP contribution in [0.1, 0.15) is 71.1 Å². The number of hydrogen-bond donors (Lipinski definition) is 2. The lowest BCUT2D eigenvalue weighted by molar-refractivity contribution is -0.133. The fourth-order valence-electron chi connectivity index (χ4n) is 7.12. The summed E-state index contributed by atoms with van der Waals surface area (Å²) in [5, 5.41) is 21.0. The predicted octanol–water partition coefficient (Wildman–Crippen LogP) is 3.77. The Morgan fingerprint density at radius 3 is 2.68 bits per heavy atom. The summed E-state index contributed by atoms with van der Waals surface area (Å²) in [5.74, 6) is 2.34. The molecule has 0 aromatic rings. The second-order valence-corrected chi connectivity index (χ2v) is 10.7. The topological polar surface area (TPSA) is 88.5 Å². The van der Waals surface area contributed by atoms with Gasteiger partial charge in [-0.25, -0.2) is 4.79 Å². The highest BCUT2D eigenvalue weighted by Gasteiger charge is 2.50. The van der Waals surface area contributed by atoms with Crippen molar-refractivity contribution in [1.29, 1.82) is 0 Å². The Hall–Kier alpha value is -1.83. The van der Waals surface area contributed by atoms with Crippen LogP contribution in [0.15, 0.2) is 34.7 Å². The minimum atomic E-state index is -0.580. The number of cyclic esters (lactones) is 1. The highest BCUT2D eigenvalue weighted by Crippen LogP contribution is 2.49. The van der Waals surface area contributed by atoms with Gasteiger partial charge in [0.1, 0.15) is 11.3 Å². The van der Waals surface area contributed by atoms with Crippen LogP contribution in [0.3, 0.4) is 0 Å². The quantitative estimate of drug-likeness (QED) is 0.588. The van der Waals surface area contributed by atoms with Crippen molar-refractivity contribution in [3.63, 3.8) is 0 Å². The molecule has 34 heavy (non-hydrogen) atoms. The molecule has 1 aliphatic carbocycles. The van der Waals surface area contributed by atoms with Gasteiger partial charge in [0.15, 0.2) is 11.5 Å². The molecule has 0 aromatic heterocycles. The third-order valence-electron chi connectivity index (χ3n) is 8.76. The van der Waals surface area contributed by atoms with E-state index in [1.54, 1.807) is 0 Å². The van der Waals surface area contributed by atoms with E-state index in [0.29, 0.717) is 17.4 Å². The minimum absolute atomic E-state index is 0.00270. The van der Waals surface area contributed by atoms with E-state index in [9.17, 15) is 15.0 Å². The van der Waals surface area contributed by atoms with Crippen LogP contribution >= 0.6 is 0 Å². The van der Waals surface area contributed by atoms with Gasteiger partial charge in [-0.2, -0.15) is 0 Å². The molecule has 0 radical (unpaired) electrons. The lowest BCUT2D eigenvalue weighted by Gasteiger charge is -2.46. The number of methoxy groups -OCH3 is 1.